The molecule has 1 amide bonds. The molecule has 2 unspecified atom stereocenters. The molecular formula is C12H24N2O3. The Morgan fingerprint density at radius 2 is 2.00 bits per heavy atom. The van der Waals surface area contributed by atoms with Crippen molar-refractivity contribution in [3.63, 3.8) is 0 Å². The lowest BCUT2D eigenvalue weighted by atomic mass is 9.97. The van der Waals surface area contributed by atoms with Gasteiger partial charge in [0.1, 0.15) is 0 Å². The zero-order valence-corrected chi connectivity index (χ0v) is 11.1. The largest absolute Gasteiger partial charge is 0.394 e. The van der Waals surface area contributed by atoms with E-state index >= 15 is 0 Å². The van der Waals surface area contributed by atoms with Crippen LogP contribution < -0.4 is 10.6 Å². The van der Waals surface area contributed by atoms with Gasteiger partial charge in [-0.25, -0.2) is 0 Å². The first kappa shape index (κ1) is 16.1. The predicted molar refractivity (Wildman–Crippen MR) is 67.3 cm³/mol. The van der Waals surface area contributed by atoms with Gasteiger partial charge in [0.05, 0.1) is 18.9 Å². The van der Waals surface area contributed by atoms with Crippen molar-refractivity contribution in [1.82, 2.24) is 10.6 Å². The summed E-state index contributed by atoms with van der Waals surface area (Å²) in [6.07, 6.45) is -0.491. The molecule has 0 spiro atoms. The van der Waals surface area contributed by atoms with Crippen LogP contribution in [0.2, 0.25) is 0 Å². The van der Waals surface area contributed by atoms with Crippen LogP contribution in [0.15, 0.2) is 12.2 Å². The third-order valence-corrected chi connectivity index (χ3v) is 2.65. The molecule has 0 bridgehead atoms. The molecule has 0 aliphatic rings. The van der Waals surface area contributed by atoms with Crippen LogP contribution in [-0.4, -0.2) is 40.5 Å². The van der Waals surface area contributed by atoms with Gasteiger partial charge in [-0.15, -0.1) is 0 Å². The maximum absolute atomic E-state index is 11.5. The minimum Gasteiger partial charge on any atom is -0.394 e. The SMILES string of the molecule is C=C(C)C(=O)NC(CC)NC(C)(C)C(O)CO. The fourth-order valence-corrected chi connectivity index (χ4v) is 1.30. The van der Waals surface area contributed by atoms with Gasteiger partial charge in [-0.2, -0.15) is 0 Å². The topological polar surface area (TPSA) is 81.6 Å². The first-order valence-corrected chi connectivity index (χ1v) is 5.77. The zero-order chi connectivity index (χ0) is 13.6. The highest BCUT2D eigenvalue weighted by atomic mass is 16.3. The zero-order valence-electron chi connectivity index (χ0n) is 11.1. The Kier molecular flexibility index (Phi) is 6.37. The van der Waals surface area contributed by atoms with Crippen LogP contribution in [0, 0.1) is 0 Å². The van der Waals surface area contributed by atoms with Crippen molar-refractivity contribution in [2.45, 2.75) is 51.9 Å². The third-order valence-electron chi connectivity index (χ3n) is 2.65. The summed E-state index contributed by atoms with van der Waals surface area (Å²) in [4.78, 5) is 11.5. The van der Waals surface area contributed by atoms with Gasteiger partial charge >= 0.3 is 0 Å². The lowest BCUT2D eigenvalue weighted by Gasteiger charge is -2.35. The summed E-state index contributed by atoms with van der Waals surface area (Å²) in [5.74, 6) is -0.223. The van der Waals surface area contributed by atoms with Crippen LogP contribution >= 0.6 is 0 Å². The van der Waals surface area contributed by atoms with Gasteiger partial charge in [-0.3, -0.25) is 10.1 Å². The van der Waals surface area contributed by atoms with Crippen molar-refractivity contribution in [2.24, 2.45) is 0 Å². The minimum atomic E-state index is -0.890. The number of aliphatic hydroxyl groups excluding tert-OH is 2. The molecule has 2 atom stereocenters. The fraction of sp³-hybridized carbons (Fsp3) is 0.750. The summed E-state index contributed by atoms with van der Waals surface area (Å²) in [6.45, 7) is 10.3. The highest BCUT2D eigenvalue weighted by molar-refractivity contribution is 5.92. The molecule has 0 aromatic carbocycles. The molecule has 0 aliphatic carbocycles. The van der Waals surface area contributed by atoms with Gasteiger partial charge in [0.15, 0.2) is 0 Å². The Morgan fingerprint density at radius 1 is 1.47 bits per heavy atom. The van der Waals surface area contributed by atoms with E-state index in [2.05, 4.69) is 17.2 Å². The van der Waals surface area contributed by atoms with Crippen LogP contribution in [0.3, 0.4) is 0 Å². The molecule has 0 fully saturated rings. The van der Waals surface area contributed by atoms with Crippen LogP contribution in [0.1, 0.15) is 34.1 Å². The van der Waals surface area contributed by atoms with E-state index in [1.54, 1.807) is 20.8 Å². The van der Waals surface area contributed by atoms with E-state index in [0.29, 0.717) is 12.0 Å². The average Bonchev–Trinajstić information content (AvgIpc) is 2.26. The number of rotatable bonds is 7. The number of aliphatic hydroxyl groups is 2. The lowest BCUT2D eigenvalue weighted by molar-refractivity contribution is -0.118. The number of hydrogen-bond acceptors (Lipinski definition) is 4. The number of amides is 1. The molecule has 0 aromatic heterocycles. The lowest BCUT2D eigenvalue weighted by Crippen LogP contribution is -2.59. The van der Waals surface area contributed by atoms with E-state index in [0.717, 1.165) is 0 Å². The molecule has 5 heteroatoms. The number of hydrogen-bond donors (Lipinski definition) is 4. The van der Waals surface area contributed by atoms with Crippen LogP contribution in [0.25, 0.3) is 0 Å². The molecule has 0 heterocycles. The fourth-order valence-electron chi connectivity index (χ4n) is 1.30. The normalized spacial score (nSPS) is 15.2. The summed E-state index contributed by atoms with van der Waals surface area (Å²) in [5.41, 5.74) is -0.247. The quantitative estimate of drug-likeness (QED) is 0.379. The van der Waals surface area contributed by atoms with Gasteiger partial charge < -0.3 is 15.5 Å². The van der Waals surface area contributed by atoms with Crippen molar-refractivity contribution >= 4 is 5.91 Å². The minimum absolute atomic E-state index is 0.223. The van der Waals surface area contributed by atoms with Gasteiger partial charge in [0, 0.05) is 11.1 Å². The molecular weight excluding hydrogens is 220 g/mol. The molecule has 0 saturated carbocycles. The molecule has 0 rings (SSSR count). The first-order valence-electron chi connectivity index (χ1n) is 5.77. The van der Waals surface area contributed by atoms with Crippen molar-refractivity contribution in [3.05, 3.63) is 12.2 Å². The van der Waals surface area contributed by atoms with Crippen LogP contribution in [-0.2, 0) is 4.79 Å². The van der Waals surface area contributed by atoms with Gasteiger partial charge in [-0.1, -0.05) is 13.5 Å². The molecule has 4 N–H and O–H groups in total. The molecule has 100 valence electrons. The Balaban J connectivity index is 4.49. The van der Waals surface area contributed by atoms with E-state index in [4.69, 9.17) is 5.11 Å². The summed E-state index contributed by atoms with van der Waals surface area (Å²) < 4.78 is 0. The van der Waals surface area contributed by atoms with E-state index < -0.39 is 11.6 Å². The third kappa shape index (κ3) is 5.30. The van der Waals surface area contributed by atoms with E-state index in [1.807, 2.05) is 6.92 Å². The van der Waals surface area contributed by atoms with Gasteiger partial charge in [0.25, 0.3) is 0 Å². The van der Waals surface area contributed by atoms with E-state index in [-0.39, 0.29) is 18.7 Å². The van der Waals surface area contributed by atoms with Gasteiger partial charge in [0.2, 0.25) is 5.91 Å². The average molecular weight is 244 g/mol. The summed E-state index contributed by atoms with van der Waals surface area (Å²) >= 11 is 0. The molecule has 0 aromatic rings. The van der Waals surface area contributed by atoms with Crippen molar-refractivity contribution in [1.29, 1.82) is 0 Å². The summed E-state index contributed by atoms with van der Waals surface area (Å²) in [5, 5.41) is 24.4. The molecule has 0 saturated heterocycles. The summed E-state index contributed by atoms with van der Waals surface area (Å²) in [7, 11) is 0. The molecule has 17 heavy (non-hydrogen) atoms. The number of nitrogens with one attached hydrogen (secondary N) is 2. The Hall–Kier alpha value is -0.910. The Labute approximate surface area is 103 Å². The highest BCUT2D eigenvalue weighted by Crippen LogP contribution is 2.10. The second kappa shape index (κ2) is 6.74. The molecule has 0 aliphatic heterocycles. The van der Waals surface area contributed by atoms with E-state index in [1.165, 1.54) is 0 Å². The van der Waals surface area contributed by atoms with Crippen molar-refractivity contribution in [3.8, 4) is 0 Å². The van der Waals surface area contributed by atoms with Crippen molar-refractivity contribution in [2.75, 3.05) is 6.61 Å². The maximum atomic E-state index is 11.5. The second-order valence-electron chi connectivity index (χ2n) is 4.78. The predicted octanol–water partition coefficient (Wildman–Crippen LogP) is 0.136. The monoisotopic (exact) mass is 244 g/mol. The van der Waals surface area contributed by atoms with E-state index in [9.17, 15) is 9.90 Å². The first-order chi connectivity index (χ1) is 7.74. The Morgan fingerprint density at radius 3 is 2.35 bits per heavy atom. The summed E-state index contributed by atoms with van der Waals surface area (Å²) in [6, 6.07) is 0. The van der Waals surface area contributed by atoms with Crippen molar-refractivity contribution < 1.29 is 15.0 Å². The van der Waals surface area contributed by atoms with Crippen LogP contribution in [0.5, 0.6) is 0 Å². The Bertz CT molecular complexity index is 277. The number of carbonyl (C=O) groups excluding carboxylic acids is 1. The second-order valence-corrected chi connectivity index (χ2v) is 4.78. The number of carbonyl (C=O) groups is 1. The smallest absolute Gasteiger partial charge is 0.247 e. The standard InChI is InChI=1S/C12H24N2O3/c1-6-10(13-11(17)8(2)3)14-12(4,5)9(16)7-15/h9-10,14-16H,2,6-7H2,1,3-5H3,(H,13,17). The highest BCUT2D eigenvalue weighted by Gasteiger charge is 2.29. The van der Waals surface area contributed by atoms with Gasteiger partial charge in [-0.05, 0) is 27.2 Å². The molecule has 0 radical (unpaired) electrons. The maximum Gasteiger partial charge on any atom is 0.247 e. The van der Waals surface area contributed by atoms with Crippen LogP contribution in [0.4, 0.5) is 0 Å². The molecule has 5 nitrogen and oxygen atoms in total.